The number of carbonyl (C=O) groups is 1. The van der Waals surface area contributed by atoms with E-state index in [2.05, 4.69) is 0 Å². The maximum Gasteiger partial charge on any atom is 0.241 e. The molecule has 1 atom stereocenters. The number of carbonyl (C=O) groups excluding carboxylic acids is 1. The van der Waals surface area contributed by atoms with Crippen LogP contribution in [-0.4, -0.2) is 20.1 Å². The summed E-state index contributed by atoms with van der Waals surface area (Å²) < 4.78 is 40.1. The molecule has 1 heterocycles. The molecule has 0 saturated carbocycles. The van der Waals surface area contributed by atoms with E-state index in [1.54, 1.807) is 6.07 Å². The number of amides is 1. The summed E-state index contributed by atoms with van der Waals surface area (Å²) in [7, 11) is -4.02. The Labute approximate surface area is 148 Å². The second-order valence-corrected chi connectivity index (χ2v) is 8.58. The van der Waals surface area contributed by atoms with Crippen molar-refractivity contribution >= 4 is 39.3 Å². The van der Waals surface area contributed by atoms with Gasteiger partial charge in [0.15, 0.2) is 0 Å². The van der Waals surface area contributed by atoms with Crippen molar-refractivity contribution in [3.05, 3.63) is 64.4 Å². The number of benzene rings is 2. The van der Waals surface area contributed by atoms with Gasteiger partial charge in [-0.2, -0.15) is 0 Å². The molecule has 1 N–H and O–H groups in total. The molecule has 8 heteroatoms. The standard InChI is InChI=1S/C16H13ClFNO3S2/c17-11-5-6-14(18)10(7-11)9-24(21,22)19-16(20)13-8-23-15-4-2-1-3-12(13)15/h1-7,13H,8-9H2,(H,19,20)/t13-/m0/s1. The first-order chi connectivity index (χ1) is 11.4. The van der Waals surface area contributed by atoms with Crippen LogP contribution in [0, 0.1) is 5.82 Å². The quantitative estimate of drug-likeness (QED) is 0.877. The van der Waals surface area contributed by atoms with Gasteiger partial charge in [-0.1, -0.05) is 29.8 Å². The van der Waals surface area contributed by atoms with E-state index in [9.17, 15) is 17.6 Å². The fourth-order valence-corrected chi connectivity index (χ4v) is 5.07. The summed E-state index contributed by atoms with van der Waals surface area (Å²) in [5.41, 5.74) is 0.730. The highest BCUT2D eigenvalue weighted by Crippen LogP contribution is 2.39. The number of halogens is 2. The van der Waals surface area contributed by atoms with Gasteiger partial charge in [-0.3, -0.25) is 9.52 Å². The molecule has 1 aliphatic rings. The topological polar surface area (TPSA) is 63.2 Å². The Morgan fingerprint density at radius 3 is 2.83 bits per heavy atom. The predicted molar refractivity (Wildman–Crippen MR) is 92.1 cm³/mol. The lowest BCUT2D eigenvalue weighted by Crippen LogP contribution is -2.35. The third-order valence-corrected chi connectivity index (χ3v) is 6.25. The molecule has 0 bridgehead atoms. The smallest absolute Gasteiger partial charge is 0.241 e. The third kappa shape index (κ3) is 3.74. The lowest BCUT2D eigenvalue weighted by molar-refractivity contribution is -0.120. The van der Waals surface area contributed by atoms with E-state index in [0.717, 1.165) is 16.5 Å². The lowest BCUT2D eigenvalue weighted by Gasteiger charge is -2.12. The predicted octanol–water partition coefficient (Wildman–Crippen LogP) is 3.31. The first-order valence-corrected chi connectivity index (χ1v) is 10.1. The Morgan fingerprint density at radius 1 is 1.29 bits per heavy atom. The number of thioether (sulfide) groups is 1. The monoisotopic (exact) mass is 385 g/mol. The number of fused-ring (bicyclic) bond motifs is 1. The molecular formula is C16H13ClFNO3S2. The van der Waals surface area contributed by atoms with Gasteiger partial charge in [-0.15, -0.1) is 11.8 Å². The Morgan fingerprint density at radius 2 is 2.04 bits per heavy atom. The van der Waals surface area contributed by atoms with Crippen molar-refractivity contribution in [2.45, 2.75) is 16.6 Å². The Bertz CT molecular complexity index is 902. The molecular weight excluding hydrogens is 373 g/mol. The van der Waals surface area contributed by atoms with Crippen molar-refractivity contribution in [2.75, 3.05) is 5.75 Å². The maximum atomic E-state index is 13.7. The first-order valence-electron chi connectivity index (χ1n) is 7.06. The molecule has 0 fully saturated rings. The SMILES string of the molecule is O=C(NS(=O)(=O)Cc1cc(Cl)ccc1F)[C@H]1CSc2ccccc21. The Balaban J connectivity index is 1.75. The summed E-state index contributed by atoms with van der Waals surface area (Å²) in [5.74, 6) is -1.99. The van der Waals surface area contributed by atoms with Crippen LogP contribution in [0.15, 0.2) is 47.4 Å². The van der Waals surface area contributed by atoms with Gasteiger partial charge < -0.3 is 0 Å². The second kappa shape index (κ2) is 6.74. The first kappa shape index (κ1) is 17.3. The van der Waals surface area contributed by atoms with E-state index < -0.39 is 33.4 Å². The molecule has 0 unspecified atom stereocenters. The highest BCUT2D eigenvalue weighted by molar-refractivity contribution is 7.99. The second-order valence-electron chi connectivity index (χ2n) is 5.36. The molecule has 0 radical (unpaired) electrons. The summed E-state index contributed by atoms with van der Waals surface area (Å²) in [6.07, 6.45) is 0. The maximum absolute atomic E-state index is 13.7. The summed E-state index contributed by atoms with van der Waals surface area (Å²) in [6.45, 7) is 0. The minimum atomic E-state index is -4.02. The zero-order valence-corrected chi connectivity index (χ0v) is 14.7. The van der Waals surface area contributed by atoms with Gasteiger partial charge in [0.2, 0.25) is 15.9 Å². The van der Waals surface area contributed by atoms with Crippen molar-refractivity contribution in [3.8, 4) is 0 Å². The Kier molecular flexibility index (Phi) is 4.85. The van der Waals surface area contributed by atoms with Crippen LogP contribution in [0.5, 0.6) is 0 Å². The van der Waals surface area contributed by atoms with Crippen LogP contribution in [0.2, 0.25) is 5.02 Å². The lowest BCUT2D eigenvalue weighted by atomic mass is 10.0. The van der Waals surface area contributed by atoms with Crippen LogP contribution >= 0.6 is 23.4 Å². The number of hydrogen-bond acceptors (Lipinski definition) is 4. The molecule has 0 spiro atoms. The molecule has 126 valence electrons. The zero-order valence-electron chi connectivity index (χ0n) is 12.3. The van der Waals surface area contributed by atoms with Crippen molar-refractivity contribution in [2.24, 2.45) is 0 Å². The van der Waals surface area contributed by atoms with Gasteiger partial charge in [0.05, 0.1) is 11.7 Å². The fraction of sp³-hybridized carbons (Fsp3) is 0.188. The largest absolute Gasteiger partial charge is 0.273 e. The van der Waals surface area contributed by atoms with Crippen molar-refractivity contribution in [1.29, 1.82) is 0 Å². The summed E-state index contributed by atoms with van der Waals surface area (Å²) in [5, 5.41) is 0.231. The van der Waals surface area contributed by atoms with Crippen LogP contribution in [0.4, 0.5) is 4.39 Å². The van der Waals surface area contributed by atoms with Gasteiger partial charge in [-0.25, -0.2) is 12.8 Å². The van der Waals surface area contributed by atoms with Gasteiger partial charge in [0.25, 0.3) is 0 Å². The highest BCUT2D eigenvalue weighted by Gasteiger charge is 2.31. The van der Waals surface area contributed by atoms with E-state index in [0.29, 0.717) is 5.75 Å². The molecule has 3 rings (SSSR count). The summed E-state index contributed by atoms with van der Waals surface area (Å²) in [4.78, 5) is 13.3. The number of rotatable bonds is 4. The van der Waals surface area contributed by atoms with Crippen LogP contribution in [-0.2, 0) is 20.6 Å². The molecule has 0 saturated heterocycles. The minimum absolute atomic E-state index is 0.0796. The highest BCUT2D eigenvalue weighted by atomic mass is 35.5. The molecule has 0 aromatic heterocycles. The van der Waals surface area contributed by atoms with E-state index in [4.69, 9.17) is 11.6 Å². The van der Waals surface area contributed by atoms with Gasteiger partial charge >= 0.3 is 0 Å². The Hall–Kier alpha value is -1.57. The average molecular weight is 386 g/mol. The third-order valence-electron chi connectivity index (χ3n) is 3.63. The van der Waals surface area contributed by atoms with Crippen LogP contribution in [0.1, 0.15) is 17.0 Å². The van der Waals surface area contributed by atoms with Crippen molar-refractivity contribution < 1.29 is 17.6 Å². The molecule has 1 amide bonds. The van der Waals surface area contributed by atoms with Crippen LogP contribution < -0.4 is 4.72 Å². The molecule has 2 aromatic carbocycles. The van der Waals surface area contributed by atoms with E-state index in [1.165, 1.54) is 23.9 Å². The fourth-order valence-electron chi connectivity index (χ4n) is 2.50. The normalized spacial score (nSPS) is 16.7. The van der Waals surface area contributed by atoms with Crippen LogP contribution in [0.25, 0.3) is 0 Å². The molecule has 1 aliphatic heterocycles. The van der Waals surface area contributed by atoms with Gasteiger partial charge in [0.1, 0.15) is 5.82 Å². The molecule has 24 heavy (non-hydrogen) atoms. The zero-order chi connectivity index (χ0) is 17.3. The van der Waals surface area contributed by atoms with Crippen molar-refractivity contribution in [1.82, 2.24) is 4.72 Å². The van der Waals surface area contributed by atoms with E-state index in [1.807, 2.05) is 22.9 Å². The molecule has 4 nitrogen and oxygen atoms in total. The minimum Gasteiger partial charge on any atom is -0.273 e. The number of hydrogen-bond donors (Lipinski definition) is 1. The number of nitrogens with one attached hydrogen (secondary N) is 1. The summed E-state index contributed by atoms with van der Waals surface area (Å²) >= 11 is 7.27. The van der Waals surface area contributed by atoms with Gasteiger partial charge in [0, 0.05) is 21.2 Å². The average Bonchev–Trinajstić information content (AvgIpc) is 2.94. The summed E-state index contributed by atoms with van der Waals surface area (Å²) in [6, 6.07) is 11.0. The van der Waals surface area contributed by atoms with Gasteiger partial charge in [-0.05, 0) is 29.8 Å². The van der Waals surface area contributed by atoms with E-state index in [-0.39, 0.29) is 10.6 Å². The van der Waals surface area contributed by atoms with Crippen molar-refractivity contribution in [3.63, 3.8) is 0 Å². The molecule has 0 aliphatic carbocycles. The number of sulfonamides is 1. The van der Waals surface area contributed by atoms with Crippen LogP contribution in [0.3, 0.4) is 0 Å². The molecule has 2 aromatic rings. The van der Waals surface area contributed by atoms with E-state index >= 15 is 0 Å².